The highest BCUT2D eigenvalue weighted by atomic mass is 16.5. The summed E-state index contributed by atoms with van der Waals surface area (Å²) in [6.45, 7) is 0. The minimum Gasteiger partial charge on any atom is -0.493 e. The van der Waals surface area contributed by atoms with Crippen molar-refractivity contribution < 1.29 is 21.7 Å². The van der Waals surface area contributed by atoms with E-state index in [2.05, 4.69) is 4.98 Å². The lowest BCUT2D eigenvalue weighted by Crippen LogP contribution is -1.97. The normalized spacial score (nSPS) is 12.3. The van der Waals surface area contributed by atoms with Crippen LogP contribution in [0.2, 0.25) is 0 Å². The van der Waals surface area contributed by atoms with E-state index in [9.17, 15) is 0 Å². The van der Waals surface area contributed by atoms with Gasteiger partial charge < -0.3 is 18.9 Å². The number of fused-ring (bicyclic) bond motifs is 1. The molecule has 0 unspecified atom stereocenters. The van der Waals surface area contributed by atoms with Gasteiger partial charge in [-0.05, 0) is 41.3 Å². The minimum absolute atomic E-state index is 0.285. The van der Waals surface area contributed by atoms with Crippen LogP contribution in [0, 0.1) is 0 Å². The van der Waals surface area contributed by atoms with E-state index in [-0.39, 0.29) is 5.69 Å². The third-order valence-corrected chi connectivity index (χ3v) is 3.91. The number of methoxy groups -OCH3 is 4. The Kier molecular flexibility index (Phi) is 4.20. The first kappa shape index (κ1) is 14.4. The summed E-state index contributed by atoms with van der Waals surface area (Å²) in [5.41, 5.74) is 0.697. The van der Waals surface area contributed by atoms with Crippen LogP contribution in [0.25, 0.3) is 10.8 Å². The molecule has 0 aliphatic heterocycles. The molecule has 0 saturated heterocycles. The Balaban J connectivity index is 2.21. The van der Waals surface area contributed by atoms with Crippen LogP contribution in [-0.4, -0.2) is 33.4 Å². The second-order valence-electron chi connectivity index (χ2n) is 5.28. The maximum Gasteiger partial charge on any atom is 0.161 e. The summed E-state index contributed by atoms with van der Waals surface area (Å²) in [5.74, 6) is 2.09. The van der Waals surface area contributed by atoms with Gasteiger partial charge in [0.15, 0.2) is 23.0 Å². The number of aromatic nitrogens is 1. The van der Waals surface area contributed by atoms with Crippen molar-refractivity contribution in [1.29, 1.82) is 0 Å². The Morgan fingerprint density at radius 1 is 0.800 bits per heavy atom. The number of rotatable bonds is 6. The van der Waals surface area contributed by atoms with Crippen LogP contribution in [0.3, 0.4) is 0 Å². The van der Waals surface area contributed by atoms with Crippen molar-refractivity contribution in [3.8, 4) is 23.0 Å². The fraction of sp³-hybridized carbons (Fsp3) is 0.250. The summed E-state index contributed by atoms with van der Waals surface area (Å²) < 4.78 is 38.8. The van der Waals surface area contributed by atoms with Gasteiger partial charge in [-0.15, -0.1) is 0 Å². The van der Waals surface area contributed by atoms with Gasteiger partial charge in [0, 0.05) is 20.7 Å². The second kappa shape index (κ2) is 7.30. The molecule has 130 valence electrons. The molecule has 0 amide bonds. The number of pyridine rings is 1. The van der Waals surface area contributed by atoms with Gasteiger partial charge in [0.05, 0.1) is 34.1 Å². The zero-order valence-corrected chi connectivity index (χ0v) is 14.6. The molecular formula is C20H21NO4. The third-order valence-electron chi connectivity index (χ3n) is 3.91. The van der Waals surface area contributed by atoms with Crippen LogP contribution in [-0.2, 0) is 6.37 Å². The van der Waals surface area contributed by atoms with Crippen LogP contribution in [0.5, 0.6) is 23.0 Å². The first-order chi connectivity index (χ1) is 13.0. The highest BCUT2D eigenvalue weighted by molar-refractivity contribution is 5.88. The largest absolute Gasteiger partial charge is 0.493 e. The third kappa shape index (κ3) is 3.31. The molecule has 0 fully saturated rings. The van der Waals surface area contributed by atoms with Gasteiger partial charge in [-0.2, -0.15) is 0 Å². The molecule has 5 nitrogen and oxygen atoms in total. The quantitative estimate of drug-likeness (QED) is 0.681. The summed E-state index contributed by atoms with van der Waals surface area (Å²) in [6.07, 6.45) is -0.277. The van der Waals surface area contributed by atoms with Gasteiger partial charge in [0.2, 0.25) is 0 Å². The summed E-state index contributed by atoms with van der Waals surface area (Å²) in [6, 6.07) is 10.3. The Bertz CT molecular complexity index is 976. The fourth-order valence-corrected chi connectivity index (χ4v) is 2.65. The summed E-state index contributed by atoms with van der Waals surface area (Å²) in [4.78, 5) is 4.34. The van der Waals surface area contributed by atoms with Gasteiger partial charge in [-0.25, -0.2) is 0 Å². The number of ether oxygens (including phenoxy) is 4. The summed E-state index contributed by atoms with van der Waals surface area (Å²) >= 11 is 0. The van der Waals surface area contributed by atoms with E-state index in [1.807, 2.05) is 12.1 Å². The van der Waals surface area contributed by atoms with E-state index in [4.69, 9.17) is 21.7 Å². The molecule has 0 aliphatic rings. The maximum absolute atomic E-state index is 8.75. The molecule has 0 aliphatic carbocycles. The van der Waals surface area contributed by atoms with E-state index >= 15 is 0 Å². The maximum atomic E-state index is 8.75. The molecule has 3 aromatic rings. The molecule has 0 saturated carbocycles. The van der Waals surface area contributed by atoms with Gasteiger partial charge in [0.25, 0.3) is 0 Å². The van der Waals surface area contributed by atoms with Gasteiger partial charge >= 0.3 is 0 Å². The van der Waals surface area contributed by atoms with E-state index in [0.29, 0.717) is 33.9 Å². The zero-order chi connectivity index (χ0) is 19.6. The molecule has 0 atom stereocenters. The van der Waals surface area contributed by atoms with E-state index < -0.39 is 6.37 Å². The number of hydrogen-bond acceptors (Lipinski definition) is 5. The standard InChI is InChI=1S/C20H21NO4/c1-22-17-6-5-13(10-18(17)23-2)9-16-15-12-20(25-4)19(24-3)11-14(15)7-8-21-16/h5-8,10-12H,9H2,1-4H3/i9D2. The van der Waals surface area contributed by atoms with Crippen molar-refractivity contribution in [2.24, 2.45) is 0 Å². The van der Waals surface area contributed by atoms with Crippen molar-refractivity contribution in [1.82, 2.24) is 4.98 Å². The summed E-state index contributed by atoms with van der Waals surface area (Å²) in [5, 5.41) is 1.46. The number of hydrogen-bond donors (Lipinski definition) is 0. The molecule has 1 aromatic heterocycles. The predicted molar refractivity (Wildman–Crippen MR) is 97.2 cm³/mol. The Morgan fingerprint density at radius 3 is 2.12 bits per heavy atom. The molecule has 3 rings (SSSR count). The lowest BCUT2D eigenvalue weighted by Gasteiger charge is -2.12. The van der Waals surface area contributed by atoms with E-state index in [1.54, 1.807) is 44.7 Å². The Hall–Kier alpha value is -2.95. The van der Waals surface area contributed by atoms with Crippen LogP contribution in [0.15, 0.2) is 42.6 Å². The average molecular weight is 341 g/mol. The Labute approximate surface area is 149 Å². The molecule has 0 spiro atoms. The van der Waals surface area contributed by atoms with Crippen LogP contribution in [0.4, 0.5) is 0 Å². The first-order valence-corrected chi connectivity index (χ1v) is 7.70. The molecule has 25 heavy (non-hydrogen) atoms. The SMILES string of the molecule is [2H]C([2H])(c1ccc(OC)c(OC)c1)c1nccc2cc(OC)c(OC)cc12. The first-order valence-electron chi connectivity index (χ1n) is 8.70. The van der Waals surface area contributed by atoms with E-state index in [0.717, 1.165) is 5.39 Å². The fourth-order valence-electron chi connectivity index (χ4n) is 2.65. The van der Waals surface area contributed by atoms with Crippen molar-refractivity contribution in [3.05, 3.63) is 53.9 Å². The lowest BCUT2D eigenvalue weighted by atomic mass is 10.0. The second-order valence-corrected chi connectivity index (χ2v) is 5.28. The zero-order valence-electron chi connectivity index (χ0n) is 16.6. The lowest BCUT2D eigenvalue weighted by molar-refractivity contribution is 0.354. The van der Waals surface area contributed by atoms with Gasteiger partial charge in [-0.1, -0.05) is 6.07 Å². The van der Waals surface area contributed by atoms with Crippen molar-refractivity contribution in [3.63, 3.8) is 0 Å². The van der Waals surface area contributed by atoms with Crippen molar-refractivity contribution >= 4 is 10.8 Å². The highest BCUT2D eigenvalue weighted by Gasteiger charge is 2.11. The van der Waals surface area contributed by atoms with Crippen LogP contribution >= 0.6 is 0 Å². The minimum atomic E-state index is -1.86. The number of nitrogens with zero attached hydrogens (tertiary/aromatic N) is 1. The highest BCUT2D eigenvalue weighted by Crippen LogP contribution is 2.34. The predicted octanol–water partition coefficient (Wildman–Crippen LogP) is 3.86. The van der Waals surface area contributed by atoms with E-state index in [1.165, 1.54) is 14.2 Å². The van der Waals surface area contributed by atoms with Crippen molar-refractivity contribution in [2.75, 3.05) is 28.4 Å². The van der Waals surface area contributed by atoms with Gasteiger partial charge in [-0.3, -0.25) is 4.98 Å². The molecule has 5 heteroatoms. The summed E-state index contributed by atoms with van der Waals surface area (Å²) in [7, 11) is 6.17. The molecule has 1 heterocycles. The molecule has 0 bridgehead atoms. The Morgan fingerprint density at radius 2 is 1.44 bits per heavy atom. The molecule has 0 N–H and O–H groups in total. The molecule has 0 radical (unpaired) electrons. The molecule has 2 aromatic carbocycles. The topological polar surface area (TPSA) is 49.8 Å². The van der Waals surface area contributed by atoms with Crippen molar-refractivity contribution in [2.45, 2.75) is 6.37 Å². The number of benzene rings is 2. The molecular weight excluding hydrogens is 318 g/mol. The average Bonchev–Trinajstić information content (AvgIpc) is 2.71. The smallest absolute Gasteiger partial charge is 0.161 e. The van der Waals surface area contributed by atoms with Gasteiger partial charge in [0.1, 0.15) is 0 Å². The van der Waals surface area contributed by atoms with Crippen LogP contribution in [0.1, 0.15) is 14.0 Å². The monoisotopic (exact) mass is 341 g/mol. The van der Waals surface area contributed by atoms with Crippen LogP contribution < -0.4 is 18.9 Å².